The van der Waals surface area contributed by atoms with Gasteiger partial charge in [0.15, 0.2) is 0 Å². The third-order valence-corrected chi connectivity index (χ3v) is 5.24. The standard InChI is InChI=1S/C20H25N5O4/c1-14-12-15(25(28)29)7-8-16(14)22-20(27)19(26)21-13-18(24-10-3-4-11-24)17-6-5-9-23(17)2/h5-9,12,18H,3-4,10-11,13H2,1-2H3,(H,21,26)(H,22,27). The van der Waals surface area contributed by atoms with E-state index in [9.17, 15) is 19.7 Å². The second-order valence-corrected chi connectivity index (χ2v) is 7.22. The van der Waals surface area contributed by atoms with Crippen LogP contribution >= 0.6 is 0 Å². The predicted molar refractivity (Wildman–Crippen MR) is 108 cm³/mol. The van der Waals surface area contributed by atoms with Gasteiger partial charge >= 0.3 is 11.8 Å². The Morgan fingerprint density at radius 3 is 2.52 bits per heavy atom. The van der Waals surface area contributed by atoms with Crippen molar-refractivity contribution in [3.05, 3.63) is 57.9 Å². The number of nitro benzene ring substituents is 1. The molecule has 1 aromatic heterocycles. The van der Waals surface area contributed by atoms with Crippen molar-refractivity contribution in [3.63, 3.8) is 0 Å². The van der Waals surface area contributed by atoms with Gasteiger partial charge in [-0.3, -0.25) is 24.6 Å². The fourth-order valence-electron chi connectivity index (χ4n) is 3.64. The molecule has 154 valence electrons. The summed E-state index contributed by atoms with van der Waals surface area (Å²) in [6.07, 6.45) is 4.20. The minimum absolute atomic E-state index is 0.00430. The SMILES string of the molecule is Cc1cc([N+](=O)[O-])ccc1NC(=O)C(=O)NCC(c1cccn1C)N1CCCC1. The highest BCUT2D eigenvalue weighted by Gasteiger charge is 2.26. The van der Waals surface area contributed by atoms with Gasteiger partial charge in [-0.2, -0.15) is 0 Å². The molecule has 0 bridgehead atoms. The lowest BCUT2D eigenvalue weighted by molar-refractivity contribution is -0.384. The zero-order valence-corrected chi connectivity index (χ0v) is 16.6. The van der Waals surface area contributed by atoms with Crippen molar-refractivity contribution in [3.8, 4) is 0 Å². The van der Waals surface area contributed by atoms with Crippen molar-refractivity contribution in [2.75, 3.05) is 25.0 Å². The Morgan fingerprint density at radius 2 is 1.93 bits per heavy atom. The number of aromatic nitrogens is 1. The van der Waals surface area contributed by atoms with E-state index in [1.54, 1.807) is 6.92 Å². The number of nitro groups is 1. The van der Waals surface area contributed by atoms with Gasteiger partial charge in [0.25, 0.3) is 5.69 Å². The first kappa shape index (κ1) is 20.5. The maximum Gasteiger partial charge on any atom is 0.313 e. The summed E-state index contributed by atoms with van der Waals surface area (Å²) in [5, 5.41) is 16.1. The molecule has 1 fully saturated rings. The molecule has 0 aliphatic carbocycles. The number of likely N-dealkylation sites (tertiary alicyclic amines) is 1. The van der Waals surface area contributed by atoms with Gasteiger partial charge in [0, 0.05) is 43.3 Å². The molecule has 3 rings (SSSR count). The quantitative estimate of drug-likeness (QED) is 0.439. The Morgan fingerprint density at radius 1 is 1.21 bits per heavy atom. The molecule has 2 amide bonds. The largest absolute Gasteiger partial charge is 0.353 e. The van der Waals surface area contributed by atoms with Crippen molar-refractivity contribution in [1.82, 2.24) is 14.8 Å². The van der Waals surface area contributed by atoms with E-state index in [-0.39, 0.29) is 11.7 Å². The summed E-state index contributed by atoms with van der Waals surface area (Å²) in [6, 6.07) is 8.05. The molecule has 2 heterocycles. The molecule has 1 saturated heterocycles. The Hall–Kier alpha value is -3.20. The molecule has 2 N–H and O–H groups in total. The van der Waals surface area contributed by atoms with E-state index >= 15 is 0 Å². The smallest absolute Gasteiger partial charge is 0.313 e. The highest BCUT2D eigenvalue weighted by Crippen LogP contribution is 2.25. The Balaban J connectivity index is 1.63. The van der Waals surface area contributed by atoms with E-state index in [1.165, 1.54) is 18.2 Å². The van der Waals surface area contributed by atoms with Gasteiger partial charge in [0.05, 0.1) is 11.0 Å². The molecule has 1 atom stereocenters. The van der Waals surface area contributed by atoms with E-state index in [0.717, 1.165) is 31.6 Å². The van der Waals surface area contributed by atoms with Gasteiger partial charge in [-0.15, -0.1) is 0 Å². The lowest BCUT2D eigenvalue weighted by Crippen LogP contribution is -2.42. The van der Waals surface area contributed by atoms with Crippen LogP contribution in [0, 0.1) is 17.0 Å². The molecular formula is C20H25N5O4. The highest BCUT2D eigenvalue weighted by atomic mass is 16.6. The fourth-order valence-corrected chi connectivity index (χ4v) is 3.64. The van der Waals surface area contributed by atoms with Gasteiger partial charge in [-0.05, 0) is 56.6 Å². The molecule has 29 heavy (non-hydrogen) atoms. The number of hydrogen-bond donors (Lipinski definition) is 2. The number of hydrogen-bond acceptors (Lipinski definition) is 5. The normalized spacial score (nSPS) is 15.1. The Kier molecular flexibility index (Phi) is 6.28. The van der Waals surface area contributed by atoms with Crippen LogP contribution in [-0.2, 0) is 16.6 Å². The highest BCUT2D eigenvalue weighted by molar-refractivity contribution is 6.39. The van der Waals surface area contributed by atoms with Crippen molar-refractivity contribution in [1.29, 1.82) is 0 Å². The summed E-state index contributed by atoms with van der Waals surface area (Å²) >= 11 is 0. The van der Waals surface area contributed by atoms with Gasteiger partial charge in [-0.25, -0.2) is 0 Å². The summed E-state index contributed by atoms with van der Waals surface area (Å²) in [5.74, 6) is -1.53. The first-order chi connectivity index (χ1) is 13.9. The van der Waals surface area contributed by atoms with Gasteiger partial charge in [0.2, 0.25) is 0 Å². The second kappa shape index (κ2) is 8.87. The van der Waals surface area contributed by atoms with E-state index in [1.807, 2.05) is 29.9 Å². The maximum absolute atomic E-state index is 12.4. The maximum atomic E-state index is 12.4. The zero-order valence-electron chi connectivity index (χ0n) is 16.6. The summed E-state index contributed by atoms with van der Waals surface area (Å²) in [7, 11) is 1.96. The molecule has 0 saturated carbocycles. The summed E-state index contributed by atoms with van der Waals surface area (Å²) in [5.41, 5.74) is 1.90. The molecular weight excluding hydrogens is 374 g/mol. The van der Waals surface area contributed by atoms with Crippen LogP contribution < -0.4 is 10.6 Å². The average Bonchev–Trinajstić information content (AvgIpc) is 3.36. The van der Waals surface area contributed by atoms with Crippen LogP contribution in [0.3, 0.4) is 0 Å². The van der Waals surface area contributed by atoms with Crippen LogP contribution in [0.1, 0.15) is 30.1 Å². The zero-order chi connectivity index (χ0) is 21.0. The second-order valence-electron chi connectivity index (χ2n) is 7.22. The lowest BCUT2D eigenvalue weighted by Gasteiger charge is -2.28. The van der Waals surface area contributed by atoms with E-state index in [4.69, 9.17) is 0 Å². The van der Waals surface area contributed by atoms with Crippen LogP contribution in [0.2, 0.25) is 0 Å². The molecule has 1 aliphatic rings. The van der Waals surface area contributed by atoms with Crippen LogP contribution in [0.15, 0.2) is 36.5 Å². The minimum atomic E-state index is -0.797. The third kappa shape index (κ3) is 4.80. The van der Waals surface area contributed by atoms with Crippen molar-refractivity contribution in [2.45, 2.75) is 25.8 Å². The number of nitrogens with zero attached hydrogens (tertiary/aromatic N) is 3. The monoisotopic (exact) mass is 399 g/mol. The number of amides is 2. The average molecular weight is 399 g/mol. The number of benzene rings is 1. The number of anilines is 1. The van der Waals surface area contributed by atoms with Crippen LogP contribution in [-0.4, -0.2) is 45.8 Å². The molecule has 1 unspecified atom stereocenters. The molecule has 9 heteroatoms. The molecule has 9 nitrogen and oxygen atoms in total. The van der Waals surface area contributed by atoms with Gasteiger partial charge in [-0.1, -0.05) is 0 Å². The number of carbonyl (C=O) groups excluding carboxylic acids is 2. The minimum Gasteiger partial charge on any atom is -0.353 e. The van der Waals surface area contributed by atoms with Crippen LogP contribution in [0.5, 0.6) is 0 Å². The summed E-state index contributed by atoms with van der Waals surface area (Å²) < 4.78 is 2.02. The third-order valence-electron chi connectivity index (χ3n) is 5.24. The van der Waals surface area contributed by atoms with E-state index in [2.05, 4.69) is 15.5 Å². The molecule has 0 radical (unpaired) electrons. The summed E-state index contributed by atoms with van der Waals surface area (Å²) in [4.78, 5) is 37.3. The molecule has 1 aromatic carbocycles. The molecule has 1 aliphatic heterocycles. The number of non-ortho nitro benzene ring substituents is 1. The Labute approximate surface area is 168 Å². The van der Waals surface area contributed by atoms with E-state index < -0.39 is 16.7 Å². The Bertz CT molecular complexity index is 917. The van der Waals surface area contributed by atoms with Crippen molar-refractivity contribution >= 4 is 23.2 Å². The number of rotatable bonds is 6. The number of carbonyl (C=O) groups is 2. The predicted octanol–water partition coefficient (Wildman–Crippen LogP) is 2.13. The molecule has 2 aromatic rings. The first-order valence-electron chi connectivity index (χ1n) is 9.56. The topological polar surface area (TPSA) is 110 Å². The van der Waals surface area contributed by atoms with Crippen LogP contribution in [0.25, 0.3) is 0 Å². The summed E-state index contributed by atoms with van der Waals surface area (Å²) in [6.45, 7) is 3.88. The number of aryl methyl sites for hydroxylation is 2. The molecule has 0 spiro atoms. The van der Waals surface area contributed by atoms with Crippen LogP contribution in [0.4, 0.5) is 11.4 Å². The van der Waals surface area contributed by atoms with Crippen molar-refractivity contribution < 1.29 is 14.5 Å². The lowest BCUT2D eigenvalue weighted by atomic mass is 10.1. The number of nitrogens with one attached hydrogen (secondary N) is 2. The van der Waals surface area contributed by atoms with Gasteiger partial charge < -0.3 is 15.2 Å². The van der Waals surface area contributed by atoms with Gasteiger partial charge in [0.1, 0.15) is 0 Å². The van der Waals surface area contributed by atoms with E-state index in [0.29, 0.717) is 17.8 Å². The fraction of sp³-hybridized carbons (Fsp3) is 0.400. The van der Waals surface area contributed by atoms with Crippen molar-refractivity contribution in [2.24, 2.45) is 7.05 Å². The first-order valence-corrected chi connectivity index (χ1v) is 9.56.